The molecule has 0 bridgehead atoms. The monoisotopic (exact) mass is 313 g/mol. The minimum absolute atomic E-state index is 0.313. The molecule has 0 saturated carbocycles. The van der Waals surface area contributed by atoms with Crippen LogP contribution in [0.25, 0.3) is 11.2 Å². The van der Waals surface area contributed by atoms with Crippen molar-refractivity contribution in [3.63, 3.8) is 0 Å². The number of fused-ring (bicyclic) bond motifs is 1. The predicted molar refractivity (Wildman–Crippen MR) is 90.9 cm³/mol. The predicted octanol–water partition coefficient (Wildman–Crippen LogP) is 3.15. The van der Waals surface area contributed by atoms with Crippen LogP contribution in [0.5, 0.6) is 0 Å². The normalized spacial score (nSPS) is 11.1. The Morgan fingerprint density at radius 3 is 2.77 bits per heavy atom. The fraction of sp³-hybridized carbons (Fsp3) is 0.312. The van der Waals surface area contributed by atoms with Crippen molar-refractivity contribution in [2.24, 2.45) is 0 Å². The van der Waals surface area contributed by atoms with Crippen LogP contribution in [0, 0.1) is 0 Å². The van der Waals surface area contributed by atoms with E-state index in [1.165, 1.54) is 5.56 Å². The highest BCUT2D eigenvalue weighted by Gasteiger charge is 2.12. The molecule has 1 aromatic carbocycles. The van der Waals surface area contributed by atoms with E-state index in [-0.39, 0.29) is 0 Å². The fourth-order valence-corrected chi connectivity index (χ4v) is 3.32. The number of benzene rings is 1. The molecule has 2 heterocycles. The number of nitrogens with two attached hydrogens (primary N) is 1. The fourth-order valence-electron chi connectivity index (χ4n) is 2.35. The maximum Gasteiger partial charge on any atom is 0.223 e. The van der Waals surface area contributed by atoms with Crippen molar-refractivity contribution in [3.8, 4) is 0 Å². The second-order valence-corrected chi connectivity index (χ2v) is 6.16. The van der Waals surface area contributed by atoms with Gasteiger partial charge in [0.25, 0.3) is 0 Å². The van der Waals surface area contributed by atoms with Gasteiger partial charge in [-0.15, -0.1) is 11.8 Å². The first-order chi connectivity index (χ1) is 10.8. The second kappa shape index (κ2) is 6.79. The molecule has 3 aromatic rings. The molecule has 2 N–H and O–H groups in total. The zero-order valence-electron chi connectivity index (χ0n) is 12.6. The number of aromatic nitrogens is 4. The first kappa shape index (κ1) is 14.8. The highest BCUT2D eigenvalue weighted by molar-refractivity contribution is 7.99. The van der Waals surface area contributed by atoms with Gasteiger partial charge in [-0.1, -0.05) is 37.3 Å². The van der Waals surface area contributed by atoms with Crippen LogP contribution < -0.4 is 5.73 Å². The number of hydrogen-bond donors (Lipinski definition) is 1. The van der Waals surface area contributed by atoms with E-state index in [1.54, 1.807) is 11.8 Å². The van der Waals surface area contributed by atoms with Crippen LogP contribution >= 0.6 is 11.8 Å². The van der Waals surface area contributed by atoms with Gasteiger partial charge in [0.05, 0.1) is 6.33 Å². The molecule has 114 valence electrons. The summed E-state index contributed by atoms with van der Waals surface area (Å²) < 4.78 is 2.04. The Balaban J connectivity index is 1.78. The molecule has 0 radical (unpaired) electrons. The smallest absolute Gasteiger partial charge is 0.223 e. The van der Waals surface area contributed by atoms with E-state index in [4.69, 9.17) is 5.73 Å². The molecule has 0 aliphatic rings. The van der Waals surface area contributed by atoms with E-state index in [2.05, 4.69) is 46.1 Å². The molecule has 22 heavy (non-hydrogen) atoms. The van der Waals surface area contributed by atoms with Crippen LogP contribution in [-0.4, -0.2) is 25.3 Å². The lowest BCUT2D eigenvalue weighted by Crippen LogP contribution is -2.02. The van der Waals surface area contributed by atoms with Gasteiger partial charge in [0, 0.05) is 12.3 Å². The van der Waals surface area contributed by atoms with Gasteiger partial charge in [-0.3, -0.25) is 0 Å². The zero-order chi connectivity index (χ0) is 15.4. The average Bonchev–Trinajstić information content (AvgIpc) is 2.92. The Morgan fingerprint density at radius 2 is 2.00 bits per heavy atom. The van der Waals surface area contributed by atoms with E-state index in [1.807, 2.05) is 17.0 Å². The number of rotatable bonds is 6. The van der Waals surface area contributed by atoms with E-state index in [9.17, 15) is 0 Å². The van der Waals surface area contributed by atoms with Crippen molar-refractivity contribution in [3.05, 3.63) is 42.2 Å². The van der Waals surface area contributed by atoms with Gasteiger partial charge in [-0.25, -0.2) is 9.97 Å². The lowest BCUT2D eigenvalue weighted by molar-refractivity contribution is 0.691. The SMILES string of the molecule is CCCn1cnc2c(SCCc3ccccc3)nc(N)nc21. The summed E-state index contributed by atoms with van der Waals surface area (Å²) in [6.45, 7) is 3.02. The third-order valence-corrected chi connectivity index (χ3v) is 4.35. The zero-order valence-corrected chi connectivity index (χ0v) is 13.4. The maximum absolute atomic E-state index is 5.86. The van der Waals surface area contributed by atoms with Crippen LogP contribution in [0.15, 0.2) is 41.7 Å². The Bertz CT molecular complexity index is 754. The first-order valence-electron chi connectivity index (χ1n) is 7.43. The molecule has 0 atom stereocenters. The van der Waals surface area contributed by atoms with Gasteiger partial charge in [0.1, 0.15) is 10.5 Å². The molecule has 2 aromatic heterocycles. The molecule has 0 aliphatic heterocycles. The molecule has 0 aliphatic carbocycles. The van der Waals surface area contributed by atoms with Crippen molar-refractivity contribution in [1.82, 2.24) is 19.5 Å². The van der Waals surface area contributed by atoms with Crippen LogP contribution in [0.1, 0.15) is 18.9 Å². The average molecular weight is 313 g/mol. The number of nitrogens with zero attached hydrogens (tertiary/aromatic N) is 4. The summed E-state index contributed by atoms with van der Waals surface area (Å²) in [5.41, 5.74) is 8.86. The van der Waals surface area contributed by atoms with Crippen LogP contribution in [0.2, 0.25) is 0 Å². The summed E-state index contributed by atoms with van der Waals surface area (Å²) in [7, 11) is 0. The summed E-state index contributed by atoms with van der Waals surface area (Å²) in [6, 6.07) is 10.4. The maximum atomic E-state index is 5.86. The van der Waals surface area contributed by atoms with Gasteiger partial charge in [-0.05, 0) is 18.4 Å². The molecular weight excluding hydrogens is 294 g/mol. The summed E-state index contributed by atoms with van der Waals surface area (Å²) >= 11 is 1.68. The Hall–Kier alpha value is -2.08. The third kappa shape index (κ3) is 3.22. The number of thioether (sulfide) groups is 1. The molecule has 0 unspecified atom stereocenters. The van der Waals surface area contributed by atoms with Crippen molar-refractivity contribution >= 4 is 28.9 Å². The Labute approximate surface area is 134 Å². The molecule has 3 rings (SSSR count). The molecular formula is C16H19N5S. The highest BCUT2D eigenvalue weighted by Crippen LogP contribution is 2.25. The van der Waals surface area contributed by atoms with Crippen LogP contribution in [-0.2, 0) is 13.0 Å². The van der Waals surface area contributed by atoms with Crippen LogP contribution in [0.4, 0.5) is 5.95 Å². The minimum Gasteiger partial charge on any atom is -0.368 e. The molecule has 0 amide bonds. The summed E-state index contributed by atoms with van der Waals surface area (Å²) in [5.74, 6) is 1.25. The number of hydrogen-bond acceptors (Lipinski definition) is 5. The first-order valence-corrected chi connectivity index (χ1v) is 8.41. The number of anilines is 1. The minimum atomic E-state index is 0.313. The van der Waals surface area contributed by atoms with Crippen molar-refractivity contribution in [1.29, 1.82) is 0 Å². The molecule has 0 spiro atoms. The summed E-state index contributed by atoms with van der Waals surface area (Å²) in [6.07, 6.45) is 3.85. The van der Waals surface area contributed by atoms with E-state index in [0.29, 0.717) is 5.95 Å². The quantitative estimate of drug-likeness (QED) is 0.559. The van der Waals surface area contributed by atoms with Crippen molar-refractivity contribution < 1.29 is 0 Å². The summed E-state index contributed by atoms with van der Waals surface area (Å²) in [5, 5.41) is 0.869. The topological polar surface area (TPSA) is 69.6 Å². The molecule has 6 heteroatoms. The largest absolute Gasteiger partial charge is 0.368 e. The molecule has 5 nitrogen and oxygen atoms in total. The standard InChI is InChI=1S/C16H19N5S/c1-2-9-21-11-18-13-14(21)19-16(17)20-15(13)22-10-8-12-6-4-3-5-7-12/h3-7,11H,2,8-10H2,1H3,(H2,17,19,20). The van der Waals surface area contributed by atoms with E-state index < -0.39 is 0 Å². The second-order valence-electron chi connectivity index (χ2n) is 5.08. The summed E-state index contributed by atoms with van der Waals surface area (Å²) in [4.78, 5) is 13.2. The number of imidazole rings is 1. The Morgan fingerprint density at radius 1 is 1.18 bits per heavy atom. The highest BCUT2D eigenvalue weighted by atomic mass is 32.2. The number of aryl methyl sites for hydroxylation is 2. The van der Waals surface area contributed by atoms with Gasteiger partial charge >= 0.3 is 0 Å². The van der Waals surface area contributed by atoms with Crippen molar-refractivity contribution in [2.75, 3.05) is 11.5 Å². The molecule has 0 saturated heterocycles. The van der Waals surface area contributed by atoms with E-state index in [0.717, 1.165) is 41.3 Å². The Kier molecular flexibility index (Phi) is 4.58. The molecule has 0 fully saturated rings. The van der Waals surface area contributed by atoms with Gasteiger partial charge in [0.15, 0.2) is 5.65 Å². The lowest BCUT2D eigenvalue weighted by Gasteiger charge is -2.05. The third-order valence-electron chi connectivity index (χ3n) is 3.39. The van der Waals surface area contributed by atoms with Gasteiger partial charge in [-0.2, -0.15) is 4.98 Å². The lowest BCUT2D eigenvalue weighted by atomic mass is 10.2. The van der Waals surface area contributed by atoms with Gasteiger partial charge in [0.2, 0.25) is 5.95 Å². The van der Waals surface area contributed by atoms with E-state index >= 15 is 0 Å². The van der Waals surface area contributed by atoms with Gasteiger partial charge < -0.3 is 10.3 Å². The van der Waals surface area contributed by atoms with Crippen molar-refractivity contribution in [2.45, 2.75) is 31.3 Å². The van der Waals surface area contributed by atoms with Crippen LogP contribution in [0.3, 0.4) is 0 Å². The number of nitrogen functional groups attached to an aromatic ring is 1.